The van der Waals surface area contributed by atoms with Gasteiger partial charge >= 0.3 is 0 Å². The summed E-state index contributed by atoms with van der Waals surface area (Å²) < 4.78 is 0. The van der Waals surface area contributed by atoms with E-state index in [9.17, 15) is 0 Å². The molecule has 15 heavy (non-hydrogen) atoms. The van der Waals surface area contributed by atoms with E-state index in [0.717, 1.165) is 6.54 Å². The van der Waals surface area contributed by atoms with Crippen LogP contribution in [-0.2, 0) is 12.5 Å². The number of hydrogen-bond donors (Lipinski definition) is 1. The van der Waals surface area contributed by atoms with Gasteiger partial charge in [0.1, 0.15) is 0 Å². The Morgan fingerprint density at radius 1 is 1.27 bits per heavy atom. The van der Waals surface area contributed by atoms with Gasteiger partial charge in [0.25, 0.3) is 0 Å². The monoisotopic (exact) mass is 219 g/mol. The van der Waals surface area contributed by atoms with Crippen LogP contribution in [0.4, 0.5) is 5.69 Å². The minimum Gasteiger partial charge on any atom is -0.385 e. The Hall–Kier alpha value is -0.763. The molecule has 0 fully saturated rings. The first-order chi connectivity index (χ1) is 7.11. The Bertz CT molecular complexity index is 358. The Labute approximate surface area is 93.9 Å². The Kier molecular flexibility index (Phi) is 2.87. The topological polar surface area (TPSA) is 12.0 Å². The molecule has 0 saturated heterocycles. The molecule has 1 aromatic rings. The molecule has 2 heteroatoms. The second-order valence-electron chi connectivity index (χ2n) is 5.35. The highest BCUT2D eigenvalue weighted by atomic mass is 28.3. The summed E-state index contributed by atoms with van der Waals surface area (Å²) in [5.41, 5.74) is 4.48. The van der Waals surface area contributed by atoms with Crippen LogP contribution >= 0.6 is 0 Å². The molecule has 0 unspecified atom stereocenters. The zero-order valence-electron chi connectivity index (χ0n) is 10.1. The molecule has 1 aromatic carbocycles. The second-order valence-corrected chi connectivity index (χ2v) is 10.5. The first-order valence-electron chi connectivity index (χ1n) is 5.96. The molecular formula is C13H21NSi. The van der Waals surface area contributed by atoms with Crippen LogP contribution in [0.5, 0.6) is 0 Å². The lowest BCUT2D eigenvalue weighted by molar-refractivity contribution is 0.993. The van der Waals surface area contributed by atoms with E-state index >= 15 is 0 Å². The standard InChI is InChI=1S/C13H21NSi/c1-4-14-13-6-5-12-10-15(2,3)8-7-11(12)9-13/h5-6,9,14H,4,7-8,10H2,1-3H3. The van der Waals surface area contributed by atoms with Crippen molar-refractivity contribution in [3.8, 4) is 0 Å². The molecule has 1 N–H and O–H groups in total. The van der Waals surface area contributed by atoms with Gasteiger partial charge in [-0.25, -0.2) is 0 Å². The summed E-state index contributed by atoms with van der Waals surface area (Å²) in [4.78, 5) is 0. The molecule has 0 bridgehead atoms. The number of benzene rings is 1. The van der Waals surface area contributed by atoms with Crippen molar-refractivity contribution < 1.29 is 0 Å². The molecule has 1 nitrogen and oxygen atoms in total. The summed E-state index contributed by atoms with van der Waals surface area (Å²) in [7, 11) is -0.898. The van der Waals surface area contributed by atoms with Gasteiger partial charge in [0.15, 0.2) is 0 Å². The van der Waals surface area contributed by atoms with Gasteiger partial charge in [0.05, 0.1) is 8.07 Å². The Balaban J connectivity index is 2.24. The zero-order valence-corrected chi connectivity index (χ0v) is 11.1. The normalized spacial score (nSPS) is 18.3. The maximum absolute atomic E-state index is 3.39. The molecule has 1 aliphatic heterocycles. The third-order valence-electron chi connectivity index (χ3n) is 3.33. The van der Waals surface area contributed by atoms with Crippen molar-refractivity contribution in [3.05, 3.63) is 29.3 Å². The van der Waals surface area contributed by atoms with E-state index in [-0.39, 0.29) is 0 Å². The summed E-state index contributed by atoms with van der Waals surface area (Å²) in [6, 6.07) is 9.74. The van der Waals surface area contributed by atoms with Crippen LogP contribution in [0.2, 0.25) is 19.1 Å². The Morgan fingerprint density at radius 3 is 2.80 bits per heavy atom. The molecule has 0 aromatic heterocycles. The maximum Gasteiger partial charge on any atom is 0.0521 e. The molecule has 2 rings (SSSR count). The molecule has 0 radical (unpaired) electrons. The molecule has 1 heterocycles. The first-order valence-corrected chi connectivity index (χ1v) is 9.38. The predicted octanol–water partition coefficient (Wildman–Crippen LogP) is 3.46. The number of fused-ring (bicyclic) bond motifs is 1. The van der Waals surface area contributed by atoms with E-state index in [1.54, 1.807) is 11.1 Å². The minimum absolute atomic E-state index is 0.898. The fraction of sp³-hybridized carbons (Fsp3) is 0.538. The number of hydrogen-bond acceptors (Lipinski definition) is 1. The average Bonchev–Trinajstić information content (AvgIpc) is 2.18. The lowest BCUT2D eigenvalue weighted by Gasteiger charge is -2.29. The molecule has 0 saturated carbocycles. The van der Waals surface area contributed by atoms with E-state index in [2.05, 4.69) is 43.5 Å². The summed E-state index contributed by atoms with van der Waals surface area (Å²) in [6.45, 7) is 8.18. The summed E-state index contributed by atoms with van der Waals surface area (Å²) >= 11 is 0. The van der Waals surface area contributed by atoms with Crippen molar-refractivity contribution in [1.29, 1.82) is 0 Å². The van der Waals surface area contributed by atoms with Gasteiger partial charge in [-0.05, 0) is 42.6 Å². The van der Waals surface area contributed by atoms with Gasteiger partial charge in [-0.1, -0.05) is 25.2 Å². The molecule has 0 aliphatic carbocycles. The molecule has 82 valence electrons. The van der Waals surface area contributed by atoms with Crippen LogP contribution in [0, 0.1) is 0 Å². The number of aryl methyl sites for hydroxylation is 1. The van der Waals surface area contributed by atoms with E-state index < -0.39 is 8.07 Å². The summed E-state index contributed by atoms with van der Waals surface area (Å²) in [5, 5.41) is 3.39. The largest absolute Gasteiger partial charge is 0.385 e. The molecular weight excluding hydrogens is 198 g/mol. The highest BCUT2D eigenvalue weighted by molar-refractivity contribution is 6.77. The van der Waals surface area contributed by atoms with E-state index in [4.69, 9.17) is 0 Å². The maximum atomic E-state index is 3.39. The fourth-order valence-corrected chi connectivity index (χ4v) is 4.92. The van der Waals surface area contributed by atoms with Crippen molar-refractivity contribution in [2.75, 3.05) is 11.9 Å². The van der Waals surface area contributed by atoms with Crippen molar-refractivity contribution in [1.82, 2.24) is 0 Å². The van der Waals surface area contributed by atoms with Crippen LogP contribution in [0.1, 0.15) is 18.1 Å². The van der Waals surface area contributed by atoms with Gasteiger partial charge < -0.3 is 5.32 Å². The smallest absolute Gasteiger partial charge is 0.0521 e. The van der Waals surface area contributed by atoms with Crippen LogP contribution in [0.15, 0.2) is 18.2 Å². The van der Waals surface area contributed by atoms with Gasteiger partial charge in [-0.2, -0.15) is 0 Å². The van der Waals surface area contributed by atoms with Crippen molar-refractivity contribution >= 4 is 13.8 Å². The fourth-order valence-electron chi connectivity index (χ4n) is 2.42. The average molecular weight is 219 g/mol. The molecule has 1 aliphatic rings. The van der Waals surface area contributed by atoms with Gasteiger partial charge in [0, 0.05) is 12.2 Å². The van der Waals surface area contributed by atoms with Crippen LogP contribution < -0.4 is 5.32 Å². The van der Waals surface area contributed by atoms with E-state index in [0.29, 0.717) is 0 Å². The number of nitrogens with one attached hydrogen (secondary N) is 1. The second kappa shape index (κ2) is 4.01. The van der Waals surface area contributed by atoms with Crippen LogP contribution in [0.3, 0.4) is 0 Å². The van der Waals surface area contributed by atoms with Gasteiger partial charge in [-0.3, -0.25) is 0 Å². The van der Waals surface area contributed by atoms with Crippen molar-refractivity contribution in [2.24, 2.45) is 0 Å². The highest BCUT2D eigenvalue weighted by Gasteiger charge is 2.26. The van der Waals surface area contributed by atoms with Crippen molar-refractivity contribution in [2.45, 2.75) is 38.5 Å². The van der Waals surface area contributed by atoms with Gasteiger partial charge in [0.2, 0.25) is 0 Å². The van der Waals surface area contributed by atoms with Crippen LogP contribution in [0.25, 0.3) is 0 Å². The predicted molar refractivity (Wildman–Crippen MR) is 70.3 cm³/mol. The number of anilines is 1. The van der Waals surface area contributed by atoms with Gasteiger partial charge in [-0.15, -0.1) is 0 Å². The minimum atomic E-state index is -0.898. The van der Waals surface area contributed by atoms with Crippen LogP contribution in [-0.4, -0.2) is 14.6 Å². The van der Waals surface area contributed by atoms with E-state index in [1.807, 2.05) is 0 Å². The van der Waals surface area contributed by atoms with Crippen molar-refractivity contribution in [3.63, 3.8) is 0 Å². The third kappa shape index (κ3) is 2.43. The third-order valence-corrected chi connectivity index (χ3v) is 6.27. The lowest BCUT2D eigenvalue weighted by Crippen LogP contribution is -2.33. The Morgan fingerprint density at radius 2 is 2.07 bits per heavy atom. The number of rotatable bonds is 2. The molecule has 0 amide bonds. The quantitative estimate of drug-likeness (QED) is 0.751. The van der Waals surface area contributed by atoms with E-state index in [1.165, 1.54) is 24.2 Å². The molecule has 0 atom stereocenters. The first kappa shape index (κ1) is 10.7. The summed E-state index contributed by atoms with van der Waals surface area (Å²) in [6.07, 6.45) is 1.30. The SMILES string of the molecule is CCNc1ccc2c(c1)CC[Si](C)(C)C2. The highest BCUT2D eigenvalue weighted by Crippen LogP contribution is 2.29. The molecule has 0 spiro atoms. The zero-order chi connectivity index (χ0) is 10.9. The lowest BCUT2D eigenvalue weighted by atomic mass is 10.0. The summed E-state index contributed by atoms with van der Waals surface area (Å²) in [5.74, 6) is 0.